The van der Waals surface area contributed by atoms with E-state index in [2.05, 4.69) is 210 Å². The van der Waals surface area contributed by atoms with Crippen molar-refractivity contribution in [3.8, 4) is 66.8 Å². The van der Waals surface area contributed by atoms with Crippen molar-refractivity contribution in [3.05, 3.63) is 229 Å². The summed E-state index contributed by atoms with van der Waals surface area (Å²) in [5.74, 6) is 0. The summed E-state index contributed by atoms with van der Waals surface area (Å²) in [7, 11) is 0. The summed E-state index contributed by atoms with van der Waals surface area (Å²) in [6.45, 7) is 9.55. The third-order valence-corrected chi connectivity index (χ3v) is 17.5. The van der Waals surface area contributed by atoms with Crippen molar-refractivity contribution in [2.45, 2.75) is 38.5 Å². The maximum atomic E-state index is 7.09. The van der Waals surface area contributed by atoms with Crippen molar-refractivity contribution in [2.24, 2.45) is 0 Å². The number of rotatable bonds is 4. The molecule has 4 heterocycles. The first-order valence-corrected chi connectivity index (χ1v) is 26.4. The molecule has 0 saturated heterocycles. The van der Waals surface area contributed by atoms with Crippen molar-refractivity contribution < 1.29 is 17.7 Å². The lowest BCUT2D eigenvalue weighted by Gasteiger charge is -2.24. The Kier molecular flexibility index (Phi) is 8.12. The molecule has 0 N–H and O–H groups in total. The number of furan rings is 4. The Hall–Kier alpha value is -9.38. The zero-order chi connectivity index (χ0) is 50.3. The monoisotopic (exact) mass is 974 g/mol. The minimum absolute atomic E-state index is 0.347. The number of para-hydroxylation sites is 4. The van der Waals surface area contributed by atoms with Crippen LogP contribution in [0, 0.1) is 0 Å². The topological polar surface area (TPSA) is 52.6 Å². The molecule has 4 aromatic heterocycles. The first-order chi connectivity index (χ1) is 37.2. The van der Waals surface area contributed by atoms with Crippen LogP contribution in [0.3, 0.4) is 0 Å². The summed E-state index contributed by atoms with van der Waals surface area (Å²) in [6, 6.07) is 74.7. The molecule has 2 aliphatic rings. The van der Waals surface area contributed by atoms with E-state index in [0.29, 0.717) is 0 Å². The molecule has 4 heteroatoms. The lowest BCUT2D eigenvalue weighted by Crippen LogP contribution is -2.17. The molecule has 11 aromatic carbocycles. The van der Waals surface area contributed by atoms with Gasteiger partial charge >= 0.3 is 0 Å². The SMILES string of the molecule is CC1(C)c2cc3c(cc2-c2c1cc(-c1ccc(-c4ccc5c(c4)oc4ccccc45)cc1)c1c2oc2ccccc21)C(C)(C)c1cc(-c2ccc(-c4ccc5c(c4)oc4ccccc45)cc2)c2c(oc4ccccc42)c1-3. The van der Waals surface area contributed by atoms with E-state index in [0.717, 1.165) is 121 Å². The summed E-state index contributed by atoms with van der Waals surface area (Å²) in [5.41, 5.74) is 25.8. The molecule has 0 unspecified atom stereocenters. The number of hydrogen-bond donors (Lipinski definition) is 0. The van der Waals surface area contributed by atoms with E-state index in [-0.39, 0.29) is 10.8 Å². The summed E-state index contributed by atoms with van der Waals surface area (Å²) in [5, 5.41) is 9.08. The van der Waals surface area contributed by atoms with Crippen LogP contribution in [0.4, 0.5) is 0 Å². The molecule has 358 valence electrons. The van der Waals surface area contributed by atoms with Crippen LogP contribution >= 0.6 is 0 Å². The molecule has 0 bridgehead atoms. The fraction of sp³-hybridized carbons (Fsp3) is 0.0833. The fourth-order valence-electron chi connectivity index (χ4n) is 13.6. The van der Waals surface area contributed by atoms with E-state index >= 15 is 0 Å². The molecule has 0 saturated carbocycles. The van der Waals surface area contributed by atoms with Gasteiger partial charge in [-0.25, -0.2) is 0 Å². The van der Waals surface area contributed by atoms with Gasteiger partial charge in [-0.3, -0.25) is 0 Å². The Labute approximate surface area is 437 Å². The second-order valence-electron chi connectivity index (χ2n) is 22.3. The molecule has 17 rings (SSSR count). The van der Waals surface area contributed by atoms with Crippen LogP contribution in [-0.2, 0) is 10.8 Å². The molecular weight excluding hydrogens is 929 g/mol. The van der Waals surface area contributed by atoms with Gasteiger partial charge in [-0.1, -0.05) is 161 Å². The van der Waals surface area contributed by atoms with E-state index < -0.39 is 0 Å². The second-order valence-corrected chi connectivity index (χ2v) is 22.3. The zero-order valence-corrected chi connectivity index (χ0v) is 42.3. The van der Waals surface area contributed by atoms with Crippen LogP contribution in [-0.4, -0.2) is 0 Å². The summed E-state index contributed by atoms with van der Waals surface area (Å²) >= 11 is 0. The Bertz CT molecular complexity index is 4710. The van der Waals surface area contributed by atoms with Crippen molar-refractivity contribution in [3.63, 3.8) is 0 Å². The zero-order valence-electron chi connectivity index (χ0n) is 42.3. The van der Waals surface area contributed by atoms with Gasteiger partial charge in [0.2, 0.25) is 0 Å². The molecule has 0 fully saturated rings. The number of fused-ring (bicyclic) bond motifs is 20. The molecule has 0 aliphatic heterocycles. The third-order valence-electron chi connectivity index (χ3n) is 17.5. The number of hydrogen-bond acceptors (Lipinski definition) is 4. The Balaban J connectivity index is 0.804. The molecule has 4 nitrogen and oxygen atoms in total. The predicted molar refractivity (Wildman–Crippen MR) is 312 cm³/mol. The summed E-state index contributed by atoms with van der Waals surface area (Å²) in [6.07, 6.45) is 0. The lowest BCUT2D eigenvalue weighted by molar-refractivity contribution is 0.648. The highest BCUT2D eigenvalue weighted by Crippen LogP contribution is 2.61. The van der Waals surface area contributed by atoms with Crippen molar-refractivity contribution in [2.75, 3.05) is 0 Å². The van der Waals surface area contributed by atoms with Gasteiger partial charge in [-0.15, -0.1) is 0 Å². The lowest BCUT2D eigenvalue weighted by atomic mass is 9.78. The molecule has 0 atom stereocenters. The smallest absolute Gasteiger partial charge is 0.144 e. The maximum absolute atomic E-state index is 7.09. The molecule has 0 spiro atoms. The number of benzene rings is 11. The molecule has 76 heavy (non-hydrogen) atoms. The van der Waals surface area contributed by atoms with Crippen LogP contribution in [0.2, 0.25) is 0 Å². The van der Waals surface area contributed by atoms with Crippen molar-refractivity contribution in [1.29, 1.82) is 0 Å². The standard InChI is InChI=1S/C72H46O4/c1-71(2)55-37-54-56(38-53(55)67-57(71)35-51(65-49-15-7-11-19-61(49)75-69(65)67)41-25-21-39(22-26-41)43-29-31-47-45-13-5-9-17-59(45)73-63(47)33-43)72(3,4)58-36-52(66-50-16-8-12-20-62(50)76-70(66)68(54)58)42-27-23-40(24-28-42)44-30-32-48-46-14-6-10-18-60(46)74-64(48)34-44/h5-38H,1-4H3. The second kappa shape index (κ2) is 14.7. The predicted octanol–water partition coefficient (Wildman–Crippen LogP) is 20.6. The molecule has 0 radical (unpaired) electrons. The minimum Gasteiger partial charge on any atom is -0.456 e. The van der Waals surface area contributed by atoms with Crippen LogP contribution in [0.1, 0.15) is 49.9 Å². The average Bonchev–Trinajstić information content (AvgIpc) is 4.43. The van der Waals surface area contributed by atoms with Crippen LogP contribution < -0.4 is 0 Å². The first kappa shape index (κ1) is 42.0. The quantitative estimate of drug-likeness (QED) is 0.176. The van der Waals surface area contributed by atoms with E-state index in [1.54, 1.807) is 0 Å². The minimum atomic E-state index is -0.347. The van der Waals surface area contributed by atoms with Gasteiger partial charge in [-0.05, 0) is 151 Å². The fourth-order valence-corrected chi connectivity index (χ4v) is 13.6. The summed E-state index contributed by atoms with van der Waals surface area (Å²) < 4.78 is 26.8. The van der Waals surface area contributed by atoms with Crippen LogP contribution in [0.5, 0.6) is 0 Å². The van der Waals surface area contributed by atoms with Gasteiger partial charge in [0.25, 0.3) is 0 Å². The van der Waals surface area contributed by atoms with E-state index in [1.165, 1.54) is 55.6 Å². The van der Waals surface area contributed by atoms with E-state index in [1.807, 2.05) is 24.3 Å². The van der Waals surface area contributed by atoms with Crippen LogP contribution in [0.25, 0.3) is 155 Å². The first-order valence-electron chi connectivity index (χ1n) is 26.4. The van der Waals surface area contributed by atoms with Gasteiger partial charge in [-0.2, -0.15) is 0 Å². The van der Waals surface area contributed by atoms with Gasteiger partial charge < -0.3 is 17.7 Å². The highest BCUT2D eigenvalue weighted by Gasteiger charge is 2.45. The largest absolute Gasteiger partial charge is 0.456 e. The molecule has 2 aliphatic carbocycles. The maximum Gasteiger partial charge on any atom is 0.144 e. The highest BCUT2D eigenvalue weighted by atomic mass is 16.3. The molecule has 0 amide bonds. The molecule has 15 aromatic rings. The Morgan fingerprint density at radius 2 is 0.566 bits per heavy atom. The van der Waals surface area contributed by atoms with E-state index in [4.69, 9.17) is 17.7 Å². The van der Waals surface area contributed by atoms with Crippen molar-refractivity contribution >= 4 is 87.8 Å². The van der Waals surface area contributed by atoms with E-state index in [9.17, 15) is 0 Å². The molecular formula is C72H46O4. The Morgan fingerprint density at radius 3 is 0.974 bits per heavy atom. The Morgan fingerprint density at radius 1 is 0.250 bits per heavy atom. The normalized spacial score (nSPS) is 14.3. The average molecular weight is 975 g/mol. The van der Waals surface area contributed by atoms with Crippen molar-refractivity contribution in [1.82, 2.24) is 0 Å². The van der Waals surface area contributed by atoms with Gasteiger partial charge in [0.1, 0.15) is 44.7 Å². The van der Waals surface area contributed by atoms with Gasteiger partial charge in [0, 0.05) is 65.0 Å². The van der Waals surface area contributed by atoms with Crippen LogP contribution in [0.15, 0.2) is 224 Å². The summed E-state index contributed by atoms with van der Waals surface area (Å²) in [4.78, 5) is 0. The highest BCUT2D eigenvalue weighted by molar-refractivity contribution is 6.21. The van der Waals surface area contributed by atoms with Gasteiger partial charge in [0.15, 0.2) is 0 Å². The third kappa shape index (κ3) is 5.57. The van der Waals surface area contributed by atoms with Gasteiger partial charge in [0.05, 0.1) is 0 Å².